The lowest BCUT2D eigenvalue weighted by molar-refractivity contribution is -0.139. The van der Waals surface area contributed by atoms with Crippen LogP contribution in [0.4, 0.5) is 0 Å². The minimum Gasteiger partial charge on any atom is -0.483 e. The van der Waals surface area contributed by atoms with Crippen molar-refractivity contribution < 1.29 is 19.1 Å². The molecule has 0 fully saturated rings. The maximum Gasteiger partial charge on any atom is 0.329 e. The molecular formula is C22H26N4O4. The third kappa shape index (κ3) is 8.14. The van der Waals surface area contributed by atoms with Crippen LogP contribution in [0.3, 0.4) is 0 Å². The summed E-state index contributed by atoms with van der Waals surface area (Å²) in [6.45, 7) is 2.68. The zero-order valence-corrected chi connectivity index (χ0v) is 16.9. The molecule has 0 aliphatic heterocycles. The van der Waals surface area contributed by atoms with Crippen LogP contribution < -0.4 is 20.8 Å². The van der Waals surface area contributed by atoms with E-state index in [0.29, 0.717) is 24.4 Å². The maximum absolute atomic E-state index is 12.0. The number of benzene rings is 2. The van der Waals surface area contributed by atoms with Gasteiger partial charge in [-0.25, -0.2) is 5.43 Å². The molecular weight excluding hydrogens is 384 g/mol. The van der Waals surface area contributed by atoms with Gasteiger partial charge in [-0.15, -0.1) is 0 Å². The van der Waals surface area contributed by atoms with E-state index < -0.39 is 11.8 Å². The molecule has 8 heteroatoms. The van der Waals surface area contributed by atoms with Gasteiger partial charge in [0.25, 0.3) is 5.91 Å². The van der Waals surface area contributed by atoms with Gasteiger partial charge < -0.3 is 15.4 Å². The third-order valence-electron chi connectivity index (χ3n) is 4.00. The molecule has 0 radical (unpaired) electrons. The third-order valence-corrected chi connectivity index (χ3v) is 4.00. The highest BCUT2D eigenvalue weighted by Crippen LogP contribution is 2.15. The molecule has 0 unspecified atom stereocenters. The smallest absolute Gasteiger partial charge is 0.329 e. The van der Waals surface area contributed by atoms with Crippen molar-refractivity contribution in [2.24, 2.45) is 5.10 Å². The Hall–Kier alpha value is -3.68. The summed E-state index contributed by atoms with van der Waals surface area (Å²) in [4.78, 5) is 35.3. The SMILES string of the molecule is CCCCNC(=O)C(=O)N/N=C\c1ccccc1OCC(=O)NCc1ccccc1. The lowest BCUT2D eigenvalue weighted by Crippen LogP contribution is -2.38. The molecule has 30 heavy (non-hydrogen) atoms. The number of para-hydroxylation sites is 1. The molecule has 0 aliphatic rings. The van der Waals surface area contributed by atoms with Gasteiger partial charge in [0, 0.05) is 18.7 Å². The summed E-state index contributed by atoms with van der Waals surface area (Å²) in [6, 6.07) is 16.5. The number of ether oxygens (including phenoxy) is 1. The molecule has 0 aliphatic carbocycles. The number of rotatable bonds is 10. The Kier molecular flexibility index (Phi) is 9.58. The number of amides is 3. The van der Waals surface area contributed by atoms with Crippen LogP contribution in [0, 0.1) is 0 Å². The summed E-state index contributed by atoms with van der Waals surface area (Å²) in [5.74, 6) is -1.42. The minimum atomic E-state index is -0.846. The van der Waals surface area contributed by atoms with Gasteiger partial charge in [0.05, 0.1) is 6.21 Å². The Morgan fingerprint density at radius 3 is 2.47 bits per heavy atom. The Morgan fingerprint density at radius 2 is 1.70 bits per heavy atom. The molecule has 0 atom stereocenters. The molecule has 0 bridgehead atoms. The first kappa shape index (κ1) is 22.6. The second-order valence-corrected chi connectivity index (χ2v) is 6.40. The molecule has 0 heterocycles. The summed E-state index contributed by atoms with van der Waals surface area (Å²) in [7, 11) is 0. The van der Waals surface area contributed by atoms with Crippen LogP contribution in [0.15, 0.2) is 59.7 Å². The van der Waals surface area contributed by atoms with Gasteiger partial charge in [0.1, 0.15) is 5.75 Å². The van der Waals surface area contributed by atoms with Gasteiger partial charge in [-0.1, -0.05) is 55.8 Å². The van der Waals surface area contributed by atoms with Gasteiger partial charge in [-0.05, 0) is 24.1 Å². The van der Waals surface area contributed by atoms with E-state index in [0.717, 1.165) is 18.4 Å². The Balaban J connectivity index is 1.81. The summed E-state index contributed by atoms with van der Waals surface area (Å²) in [5.41, 5.74) is 3.72. The van der Waals surface area contributed by atoms with Gasteiger partial charge >= 0.3 is 11.8 Å². The molecule has 2 rings (SSSR count). The number of unbranched alkanes of at least 4 members (excludes halogenated alkanes) is 1. The summed E-state index contributed by atoms with van der Waals surface area (Å²) in [6.07, 6.45) is 3.07. The largest absolute Gasteiger partial charge is 0.483 e. The van der Waals surface area contributed by atoms with E-state index in [4.69, 9.17) is 4.74 Å². The summed E-state index contributed by atoms with van der Waals surface area (Å²) >= 11 is 0. The molecule has 2 aromatic rings. The van der Waals surface area contributed by atoms with E-state index >= 15 is 0 Å². The monoisotopic (exact) mass is 410 g/mol. The average Bonchev–Trinajstić information content (AvgIpc) is 2.77. The molecule has 0 aromatic heterocycles. The van der Waals surface area contributed by atoms with Crippen molar-refractivity contribution in [3.05, 3.63) is 65.7 Å². The fourth-order valence-electron chi connectivity index (χ4n) is 2.38. The lowest BCUT2D eigenvalue weighted by Gasteiger charge is -2.09. The number of nitrogens with one attached hydrogen (secondary N) is 3. The van der Waals surface area contributed by atoms with Gasteiger partial charge in [0.15, 0.2) is 6.61 Å². The van der Waals surface area contributed by atoms with Crippen LogP contribution in [0.5, 0.6) is 5.75 Å². The first-order valence-corrected chi connectivity index (χ1v) is 9.74. The van der Waals surface area contributed by atoms with Crippen molar-refractivity contribution in [2.75, 3.05) is 13.2 Å². The van der Waals surface area contributed by atoms with Crippen LogP contribution in [0.25, 0.3) is 0 Å². The maximum atomic E-state index is 12.0. The fraction of sp³-hybridized carbons (Fsp3) is 0.273. The van der Waals surface area contributed by atoms with Crippen LogP contribution in [-0.2, 0) is 20.9 Å². The fourth-order valence-corrected chi connectivity index (χ4v) is 2.38. The summed E-state index contributed by atoms with van der Waals surface area (Å²) in [5, 5.41) is 9.08. The number of hydrogen-bond acceptors (Lipinski definition) is 5. The first-order valence-electron chi connectivity index (χ1n) is 9.74. The van der Waals surface area contributed by atoms with Gasteiger partial charge in [-0.2, -0.15) is 5.10 Å². The highest BCUT2D eigenvalue weighted by Gasteiger charge is 2.11. The van der Waals surface area contributed by atoms with E-state index in [1.807, 2.05) is 37.3 Å². The highest BCUT2D eigenvalue weighted by atomic mass is 16.5. The molecule has 3 amide bonds. The highest BCUT2D eigenvalue weighted by molar-refractivity contribution is 6.35. The van der Waals surface area contributed by atoms with Crippen molar-refractivity contribution in [1.29, 1.82) is 0 Å². The topological polar surface area (TPSA) is 109 Å². The Morgan fingerprint density at radius 1 is 0.967 bits per heavy atom. The van der Waals surface area contributed by atoms with E-state index in [9.17, 15) is 14.4 Å². The predicted molar refractivity (Wildman–Crippen MR) is 114 cm³/mol. The molecule has 3 N–H and O–H groups in total. The standard InChI is InChI=1S/C22H26N4O4/c1-2-3-13-23-21(28)22(29)26-25-15-18-11-7-8-12-19(18)30-16-20(27)24-14-17-9-5-4-6-10-17/h4-12,15H,2-3,13-14,16H2,1H3,(H,23,28)(H,24,27)(H,26,29)/b25-15-. The van der Waals surface area contributed by atoms with Crippen LogP contribution in [0.2, 0.25) is 0 Å². The molecule has 8 nitrogen and oxygen atoms in total. The Labute approximate surface area is 175 Å². The second kappa shape index (κ2) is 12.7. The molecule has 0 spiro atoms. The first-order chi connectivity index (χ1) is 14.6. The van der Waals surface area contributed by atoms with Crippen molar-refractivity contribution >= 4 is 23.9 Å². The van der Waals surface area contributed by atoms with Crippen molar-refractivity contribution in [3.8, 4) is 5.75 Å². The van der Waals surface area contributed by atoms with E-state index in [1.54, 1.807) is 24.3 Å². The van der Waals surface area contributed by atoms with Crippen molar-refractivity contribution in [2.45, 2.75) is 26.3 Å². The number of carbonyl (C=O) groups is 3. The van der Waals surface area contributed by atoms with Gasteiger partial charge in [-0.3, -0.25) is 14.4 Å². The predicted octanol–water partition coefficient (Wildman–Crippen LogP) is 1.75. The zero-order chi connectivity index (χ0) is 21.6. The number of hydrazone groups is 1. The molecule has 2 aromatic carbocycles. The minimum absolute atomic E-state index is 0.163. The quantitative estimate of drug-likeness (QED) is 0.240. The van der Waals surface area contributed by atoms with Crippen LogP contribution in [-0.4, -0.2) is 37.1 Å². The lowest BCUT2D eigenvalue weighted by atomic mass is 10.2. The number of hydrogen-bond donors (Lipinski definition) is 3. The van der Waals surface area contributed by atoms with Crippen LogP contribution >= 0.6 is 0 Å². The van der Waals surface area contributed by atoms with Gasteiger partial charge in [0.2, 0.25) is 0 Å². The molecule has 0 saturated heterocycles. The van der Waals surface area contributed by atoms with Crippen LogP contribution in [0.1, 0.15) is 30.9 Å². The van der Waals surface area contributed by atoms with E-state index in [1.165, 1.54) is 6.21 Å². The van der Waals surface area contributed by atoms with Crippen molar-refractivity contribution in [3.63, 3.8) is 0 Å². The molecule has 158 valence electrons. The van der Waals surface area contributed by atoms with E-state index in [2.05, 4.69) is 21.2 Å². The van der Waals surface area contributed by atoms with E-state index in [-0.39, 0.29) is 12.5 Å². The normalized spacial score (nSPS) is 10.4. The second-order valence-electron chi connectivity index (χ2n) is 6.40. The van der Waals surface area contributed by atoms with Crippen molar-refractivity contribution in [1.82, 2.24) is 16.1 Å². The average molecular weight is 410 g/mol. The number of carbonyl (C=O) groups excluding carboxylic acids is 3. The molecule has 0 saturated carbocycles. The Bertz CT molecular complexity index is 868. The number of nitrogens with zero attached hydrogens (tertiary/aromatic N) is 1. The zero-order valence-electron chi connectivity index (χ0n) is 16.9. The summed E-state index contributed by atoms with van der Waals surface area (Å²) < 4.78 is 5.56.